The van der Waals surface area contributed by atoms with E-state index in [-0.39, 0.29) is 12.2 Å². The highest BCUT2D eigenvalue weighted by atomic mass is 16.5. The second kappa shape index (κ2) is 2.91. The quantitative estimate of drug-likeness (QED) is 0.598. The van der Waals surface area contributed by atoms with Gasteiger partial charge in [0.25, 0.3) is 0 Å². The molecule has 0 radical (unpaired) electrons. The maximum Gasteiger partial charge on any atom is 0.191 e. The number of carbonyl (C=O) groups excluding carboxylic acids is 1. The Labute approximate surface area is 75.6 Å². The summed E-state index contributed by atoms with van der Waals surface area (Å²) in [6.07, 6.45) is -0.463. The fraction of sp³-hybridized carbons (Fsp3) is 0.200. The van der Waals surface area contributed by atoms with Gasteiger partial charge in [-0.2, -0.15) is 5.26 Å². The van der Waals surface area contributed by atoms with Crippen LogP contribution in [-0.4, -0.2) is 11.9 Å². The SMILES string of the molecule is N#CC1CC(=O)c2ccccc2O1. The first-order chi connectivity index (χ1) is 6.31. The van der Waals surface area contributed by atoms with Crippen molar-refractivity contribution >= 4 is 5.78 Å². The summed E-state index contributed by atoms with van der Waals surface area (Å²) in [5.41, 5.74) is 0.578. The molecular formula is C10H7NO2. The van der Waals surface area contributed by atoms with E-state index in [9.17, 15) is 4.79 Å². The van der Waals surface area contributed by atoms with Gasteiger partial charge in [0, 0.05) is 0 Å². The Morgan fingerprint density at radius 2 is 2.23 bits per heavy atom. The monoisotopic (exact) mass is 173 g/mol. The van der Waals surface area contributed by atoms with Crippen molar-refractivity contribution in [2.24, 2.45) is 0 Å². The molecule has 1 atom stereocenters. The molecule has 64 valence electrons. The second-order valence-electron chi connectivity index (χ2n) is 2.86. The molecule has 0 saturated heterocycles. The van der Waals surface area contributed by atoms with Crippen LogP contribution in [0.5, 0.6) is 5.75 Å². The topological polar surface area (TPSA) is 50.1 Å². The Kier molecular flexibility index (Phi) is 1.75. The van der Waals surface area contributed by atoms with Gasteiger partial charge < -0.3 is 4.74 Å². The number of hydrogen-bond donors (Lipinski definition) is 0. The third-order valence-corrected chi connectivity index (χ3v) is 1.97. The van der Waals surface area contributed by atoms with Gasteiger partial charge in [0.05, 0.1) is 12.0 Å². The molecule has 1 aromatic rings. The van der Waals surface area contributed by atoms with Crippen molar-refractivity contribution in [1.29, 1.82) is 5.26 Å². The van der Waals surface area contributed by atoms with Crippen molar-refractivity contribution < 1.29 is 9.53 Å². The molecule has 3 nitrogen and oxygen atoms in total. The molecule has 1 aliphatic rings. The van der Waals surface area contributed by atoms with Crippen molar-refractivity contribution in [3.63, 3.8) is 0 Å². The lowest BCUT2D eigenvalue weighted by molar-refractivity contribution is 0.0898. The number of rotatable bonds is 0. The molecule has 1 unspecified atom stereocenters. The lowest BCUT2D eigenvalue weighted by Crippen LogP contribution is -2.25. The third kappa shape index (κ3) is 1.27. The number of ketones is 1. The zero-order valence-electron chi connectivity index (χ0n) is 6.86. The molecular weight excluding hydrogens is 166 g/mol. The van der Waals surface area contributed by atoms with Crippen LogP contribution in [0.25, 0.3) is 0 Å². The number of benzene rings is 1. The molecule has 0 aromatic heterocycles. The fourth-order valence-corrected chi connectivity index (χ4v) is 1.35. The Hall–Kier alpha value is -1.82. The summed E-state index contributed by atoms with van der Waals surface area (Å²) in [7, 11) is 0. The van der Waals surface area contributed by atoms with Crippen molar-refractivity contribution in [3.8, 4) is 11.8 Å². The summed E-state index contributed by atoms with van der Waals surface area (Å²) in [6, 6.07) is 8.92. The maximum atomic E-state index is 11.4. The average Bonchev–Trinajstić information content (AvgIpc) is 2.18. The number of nitrogens with zero attached hydrogens (tertiary/aromatic N) is 1. The Morgan fingerprint density at radius 1 is 1.46 bits per heavy atom. The normalized spacial score (nSPS) is 19.9. The van der Waals surface area contributed by atoms with Crippen molar-refractivity contribution in [2.45, 2.75) is 12.5 Å². The van der Waals surface area contributed by atoms with Crippen LogP contribution in [0.2, 0.25) is 0 Å². The largest absolute Gasteiger partial charge is 0.474 e. The molecule has 0 amide bonds. The van der Waals surface area contributed by atoms with E-state index in [2.05, 4.69) is 0 Å². The van der Waals surface area contributed by atoms with Crippen LogP contribution in [0.4, 0.5) is 0 Å². The summed E-state index contributed by atoms with van der Waals surface area (Å²) in [6.45, 7) is 0. The highest BCUT2D eigenvalue weighted by molar-refractivity contribution is 6.00. The zero-order valence-corrected chi connectivity index (χ0v) is 6.86. The highest BCUT2D eigenvalue weighted by Gasteiger charge is 2.25. The summed E-state index contributed by atoms with van der Waals surface area (Å²) in [4.78, 5) is 11.4. The van der Waals surface area contributed by atoms with E-state index >= 15 is 0 Å². The summed E-state index contributed by atoms with van der Waals surface area (Å²) >= 11 is 0. The van der Waals surface area contributed by atoms with Crippen LogP contribution in [0.1, 0.15) is 16.8 Å². The lowest BCUT2D eigenvalue weighted by atomic mass is 10.0. The summed E-state index contributed by atoms with van der Waals surface area (Å²) < 4.78 is 5.27. The predicted molar refractivity (Wildman–Crippen MR) is 45.4 cm³/mol. The Balaban J connectivity index is 2.44. The van der Waals surface area contributed by atoms with E-state index in [4.69, 9.17) is 10.00 Å². The molecule has 0 N–H and O–H groups in total. The fourth-order valence-electron chi connectivity index (χ4n) is 1.35. The first kappa shape index (κ1) is 7.81. The average molecular weight is 173 g/mol. The Morgan fingerprint density at radius 3 is 3.00 bits per heavy atom. The van der Waals surface area contributed by atoms with Crippen LogP contribution >= 0.6 is 0 Å². The minimum atomic E-state index is -0.623. The van der Waals surface area contributed by atoms with Gasteiger partial charge in [0.1, 0.15) is 11.8 Å². The number of carbonyl (C=O) groups is 1. The molecule has 2 rings (SSSR count). The van der Waals surface area contributed by atoms with Gasteiger partial charge in [-0.05, 0) is 12.1 Å². The molecule has 0 aliphatic carbocycles. The van der Waals surface area contributed by atoms with Gasteiger partial charge in [0.15, 0.2) is 11.9 Å². The van der Waals surface area contributed by atoms with E-state index in [0.717, 1.165) is 0 Å². The van der Waals surface area contributed by atoms with Crippen molar-refractivity contribution in [3.05, 3.63) is 29.8 Å². The zero-order chi connectivity index (χ0) is 9.26. The van der Waals surface area contributed by atoms with Crippen LogP contribution in [0, 0.1) is 11.3 Å². The minimum absolute atomic E-state index is 0.0200. The van der Waals surface area contributed by atoms with E-state index in [1.807, 2.05) is 6.07 Å². The summed E-state index contributed by atoms with van der Waals surface area (Å²) in [5.74, 6) is 0.499. The van der Waals surface area contributed by atoms with Crippen LogP contribution in [0.3, 0.4) is 0 Å². The van der Waals surface area contributed by atoms with E-state index in [1.54, 1.807) is 24.3 Å². The van der Waals surface area contributed by atoms with E-state index in [1.165, 1.54) is 0 Å². The van der Waals surface area contributed by atoms with Crippen molar-refractivity contribution in [2.75, 3.05) is 0 Å². The molecule has 1 aromatic carbocycles. The lowest BCUT2D eigenvalue weighted by Gasteiger charge is -2.19. The maximum absolute atomic E-state index is 11.4. The summed E-state index contributed by atoms with van der Waals surface area (Å²) in [5, 5.41) is 8.61. The standard InChI is InChI=1S/C10H7NO2/c11-6-7-5-9(12)8-3-1-2-4-10(8)13-7/h1-4,7H,5H2. The number of para-hydroxylation sites is 1. The number of Topliss-reactive ketones (excluding diaryl/α,β-unsaturated/α-hetero) is 1. The molecule has 0 saturated carbocycles. The number of hydrogen-bond acceptors (Lipinski definition) is 3. The van der Waals surface area contributed by atoms with Gasteiger partial charge in [-0.25, -0.2) is 0 Å². The van der Waals surface area contributed by atoms with Gasteiger partial charge in [-0.15, -0.1) is 0 Å². The van der Waals surface area contributed by atoms with Crippen LogP contribution in [0.15, 0.2) is 24.3 Å². The van der Waals surface area contributed by atoms with E-state index < -0.39 is 6.10 Å². The third-order valence-electron chi connectivity index (χ3n) is 1.97. The first-order valence-corrected chi connectivity index (χ1v) is 4.00. The van der Waals surface area contributed by atoms with E-state index in [0.29, 0.717) is 11.3 Å². The number of nitriles is 1. The molecule has 0 spiro atoms. The molecule has 1 aliphatic heterocycles. The molecule has 0 fully saturated rings. The number of ether oxygens (including phenoxy) is 1. The molecule has 13 heavy (non-hydrogen) atoms. The minimum Gasteiger partial charge on any atom is -0.474 e. The molecule has 1 heterocycles. The van der Waals surface area contributed by atoms with Gasteiger partial charge in [-0.3, -0.25) is 4.79 Å². The first-order valence-electron chi connectivity index (χ1n) is 4.00. The molecule has 0 bridgehead atoms. The Bertz CT molecular complexity index is 392. The van der Waals surface area contributed by atoms with Gasteiger partial charge in [-0.1, -0.05) is 12.1 Å². The van der Waals surface area contributed by atoms with Crippen LogP contribution < -0.4 is 4.74 Å². The number of fused-ring (bicyclic) bond motifs is 1. The van der Waals surface area contributed by atoms with Gasteiger partial charge >= 0.3 is 0 Å². The highest BCUT2D eigenvalue weighted by Crippen LogP contribution is 2.26. The second-order valence-corrected chi connectivity index (χ2v) is 2.86. The molecule has 3 heteroatoms. The van der Waals surface area contributed by atoms with Crippen molar-refractivity contribution in [1.82, 2.24) is 0 Å². The predicted octanol–water partition coefficient (Wildman–Crippen LogP) is 1.54. The van der Waals surface area contributed by atoms with Gasteiger partial charge in [0.2, 0.25) is 0 Å². The smallest absolute Gasteiger partial charge is 0.191 e. The van der Waals surface area contributed by atoms with Crippen LogP contribution in [-0.2, 0) is 0 Å².